The Kier molecular flexibility index (Phi) is 6.04. The van der Waals surface area contributed by atoms with Crippen molar-refractivity contribution in [1.29, 1.82) is 0 Å². The van der Waals surface area contributed by atoms with Crippen LogP contribution in [-0.4, -0.2) is 41.3 Å². The van der Waals surface area contributed by atoms with E-state index in [2.05, 4.69) is 62.3 Å². The molecule has 2 heterocycles. The third-order valence-electron chi connectivity index (χ3n) is 4.12. The maximum Gasteiger partial charge on any atom is 0.233 e. The molecule has 3 aromatic rings. The summed E-state index contributed by atoms with van der Waals surface area (Å²) in [6.45, 7) is 2.83. The molecule has 0 radical (unpaired) electrons. The molecule has 2 aromatic carbocycles. The molecule has 9 heteroatoms. The predicted octanol–water partition coefficient (Wildman–Crippen LogP) is 4.72. The van der Waals surface area contributed by atoms with Gasteiger partial charge in [-0.25, -0.2) is 0 Å². The Balaban J connectivity index is 1.63. The zero-order chi connectivity index (χ0) is 19.3. The van der Waals surface area contributed by atoms with Gasteiger partial charge in [-0.3, -0.25) is 0 Å². The summed E-state index contributed by atoms with van der Waals surface area (Å²) in [5.41, 5.74) is 1.80. The van der Waals surface area contributed by atoms with E-state index >= 15 is 0 Å². The van der Waals surface area contributed by atoms with Gasteiger partial charge in [0.15, 0.2) is 0 Å². The molecule has 0 saturated carbocycles. The van der Waals surface area contributed by atoms with Crippen LogP contribution in [0.2, 0.25) is 0 Å². The average molecular weight is 506 g/mol. The number of hydrogen-bond donors (Lipinski definition) is 2. The van der Waals surface area contributed by atoms with Crippen LogP contribution in [0, 0.1) is 0 Å². The van der Waals surface area contributed by atoms with Crippen molar-refractivity contribution >= 4 is 61.1 Å². The molecular weight excluding hydrogens is 488 g/mol. The highest BCUT2D eigenvalue weighted by Gasteiger charge is 2.17. The summed E-state index contributed by atoms with van der Waals surface area (Å²) in [6.07, 6.45) is 0. The van der Waals surface area contributed by atoms with Gasteiger partial charge in [-0.15, -0.1) is 0 Å². The van der Waals surface area contributed by atoms with E-state index in [1.165, 1.54) is 0 Å². The number of hydrogen-bond acceptors (Lipinski definition) is 7. The van der Waals surface area contributed by atoms with Crippen molar-refractivity contribution < 1.29 is 4.74 Å². The van der Waals surface area contributed by atoms with Crippen molar-refractivity contribution in [3.63, 3.8) is 0 Å². The first-order valence-corrected chi connectivity index (χ1v) is 10.4. The minimum atomic E-state index is 0.485. The second-order valence-electron chi connectivity index (χ2n) is 6.15. The Labute approximate surface area is 179 Å². The van der Waals surface area contributed by atoms with Crippen molar-refractivity contribution in [3.05, 3.63) is 57.5 Å². The highest BCUT2D eigenvalue weighted by atomic mass is 79.9. The number of rotatable bonds is 5. The van der Waals surface area contributed by atoms with Gasteiger partial charge in [0, 0.05) is 33.4 Å². The molecule has 144 valence electrons. The van der Waals surface area contributed by atoms with E-state index in [0.717, 1.165) is 33.4 Å². The zero-order valence-electron chi connectivity index (χ0n) is 14.9. The van der Waals surface area contributed by atoms with Crippen LogP contribution in [0.4, 0.5) is 29.2 Å². The molecular formula is C19H18Br2N6O. The topological polar surface area (TPSA) is 75.2 Å². The lowest BCUT2D eigenvalue weighted by Crippen LogP contribution is -2.37. The summed E-state index contributed by atoms with van der Waals surface area (Å²) in [6, 6.07) is 15.7. The van der Waals surface area contributed by atoms with E-state index < -0.39 is 0 Å². The van der Waals surface area contributed by atoms with Crippen LogP contribution in [-0.2, 0) is 4.74 Å². The Morgan fingerprint density at radius 1 is 0.714 bits per heavy atom. The van der Waals surface area contributed by atoms with Gasteiger partial charge in [0.2, 0.25) is 17.8 Å². The molecule has 0 aliphatic carbocycles. The largest absolute Gasteiger partial charge is 0.378 e. The lowest BCUT2D eigenvalue weighted by molar-refractivity contribution is 0.122. The Bertz CT molecular complexity index is 864. The summed E-state index contributed by atoms with van der Waals surface area (Å²) in [5, 5.41) is 6.51. The van der Waals surface area contributed by atoms with Gasteiger partial charge in [0.05, 0.1) is 13.2 Å². The van der Waals surface area contributed by atoms with Gasteiger partial charge in [-0.05, 0) is 48.5 Å². The molecule has 7 nitrogen and oxygen atoms in total. The van der Waals surface area contributed by atoms with Crippen molar-refractivity contribution in [3.8, 4) is 0 Å². The quantitative estimate of drug-likeness (QED) is 0.519. The predicted molar refractivity (Wildman–Crippen MR) is 118 cm³/mol. The van der Waals surface area contributed by atoms with Crippen molar-refractivity contribution in [2.24, 2.45) is 0 Å². The zero-order valence-corrected chi connectivity index (χ0v) is 18.1. The maximum atomic E-state index is 5.44. The van der Waals surface area contributed by atoms with Crippen LogP contribution in [0.3, 0.4) is 0 Å². The number of morpholine rings is 1. The highest BCUT2D eigenvalue weighted by molar-refractivity contribution is 9.10. The van der Waals surface area contributed by atoms with Gasteiger partial charge < -0.3 is 20.3 Å². The smallest absolute Gasteiger partial charge is 0.233 e. The van der Waals surface area contributed by atoms with Crippen LogP contribution >= 0.6 is 31.9 Å². The standard InChI is InChI=1S/C19H18Br2N6O/c20-13-1-5-15(6-2-13)22-17-24-18(23-16-7-3-14(21)4-8-16)26-19(25-17)27-9-11-28-12-10-27/h1-8H,9-12H2,(H2,22,23,24,25,26). The maximum absolute atomic E-state index is 5.44. The Hall–Kier alpha value is -2.23. The summed E-state index contributed by atoms with van der Waals surface area (Å²) in [7, 11) is 0. The molecule has 1 aromatic heterocycles. The summed E-state index contributed by atoms with van der Waals surface area (Å²) < 4.78 is 7.47. The lowest BCUT2D eigenvalue weighted by atomic mass is 10.3. The minimum absolute atomic E-state index is 0.485. The molecule has 28 heavy (non-hydrogen) atoms. The second kappa shape index (κ2) is 8.85. The van der Waals surface area contributed by atoms with E-state index in [0.29, 0.717) is 31.1 Å². The lowest BCUT2D eigenvalue weighted by Gasteiger charge is -2.27. The Morgan fingerprint density at radius 2 is 1.18 bits per heavy atom. The molecule has 0 amide bonds. The van der Waals surface area contributed by atoms with E-state index in [9.17, 15) is 0 Å². The van der Waals surface area contributed by atoms with Crippen LogP contribution in [0.15, 0.2) is 57.5 Å². The number of nitrogens with one attached hydrogen (secondary N) is 2. The van der Waals surface area contributed by atoms with Crippen molar-refractivity contribution in [1.82, 2.24) is 15.0 Å². The van der Waals surface area contributed by atoms with Crippen LogP contribution in [0.1, 0.15) is 0 Å². The minimum Gasteiger partial charge on any atom is -0.378 e. The fraction of sp³-hybridized carbons (Fsp3) is 0.211. The third-order valence-corrected chi connectivity index (χ3v) is 5.18. The molecule has 1 aliphatic rings. The van der Waals surface area contributed by atoms with E-state index in [4.69, 9.17) is 4.74 Å². The number of aromatic nitrogens is 3. The molecule has 1 aliphatic heterocycles. The molecule has 0 bridgehead atoms. The first kappa shape index (κ1) is 19.1. The van der Waals surface area contributed by atoms with Gasteiger partial charge in [0.1, 0.15) is 0 Å². The van der Waals surface area contributed by atoms with Crippen LogP contribution in [0.5, 0.6) is 0 Å². The number of nitrogens with zero attached hydrogens (tertiary/aromatic N) is 4. The highest BCUT2D eigenvalue weighted by Crippen LogP contribution is 2.23. The number of ether oxygens (including phenoxy) is 1. The first-order chi connectivity index (χ1) is 13.7. The molecule has 0 atom stereocenters. The molecule has 1 fully saturated rings. The molecule has 1 saturated heterocycles. The monoisotopic (exact) mass is 504 g/mol. The fourth-order valence-corrected chi connectivity index (χ4v) is 3.23. The SMILES string of the molecule is Brc1ccc(Nc2nc(Nc3ccc(Br)cc3)nc(N3CCOCC3)n2)cc1. The van der Waals surface area contributed by atoms with Gasteiger partial charge in [-0.1, -0.05) is 31.9 Å². The summed E-state index contributed by atoms with van der Waals surface area (Å²) >= 11 is 6.89. The van der Waals surface area contributed by atoms with E-state index in [1.807, 2.05) is 48.5 Å². The third kappa shape index (κ3) is 4.98. The molecule has 0 unspecified atom stereocenters. The van der Waals surface area contributed by atoms with Gasteiger partial charge >= 0.3 is 0 Å². The van der Waals surface area contributed by atoms with Gasteiger partial charge in [-0.2, -0.15) is 15.0 Å². The normalized spacial score (nSPS) is 14.0. The fourth-order valence-electron chi connectivity index (χ4n) is 2.71. The summed E-state index contributed by atoms with van der Waals surface area (Å²) in [4.78, 5) is 15.9. The van der Waals surface area contributed by atoms with Crippen molar-refractivity contribution in [2.75, 3.05) is 41.8 Å². The Morgan fingerprint density at radius 3 is 1.64 bits per heavy atom. The van der Waals surface area contributed by atoms with E-state index in [1.54, 1.807) is 0 Å². The molecule has 4 rings (SSSR count). The van der Waals surface area contributed by atoms with E-state index in [-0.39, 0.29) is 0 Å². The molecule has 2 N–H and O–H groups in total. The van der Waals surface area contributed by atoms with Gasteiger partial charge in [0.25, 0.3) is 0 Å². The number of halogens is 2. The summed E-state index contributed by atoms with van der Waals surface area (Å²) in [5.74, 6) is 1.59. The average Bonchev–Trinajstić information content (AvgIpc) is 2.72. The second-order valence-corrected chi connectivity index (χ2v) is 7.98. The van der Waals surface area contributed by atoms with Crippen molar-refractivity contribution in [2.45, 2.75) is 0 Å². The first-order valence-electron chi connectivity index (χ1n) is 8.80. The van der Waals surface area contributed by atoms with Crippen LogP contribution in [0.25, 0.3) is 0 Å². The number of anilines is 5. The number of benzene rings is 2. The van der Waals surface area contributed by atoms with Crippen LogP contribution < -0.4 is 15.5 Å². The molecule has 0 spiro atoms.